The van der Waals surface area contributed by atoms with Crippen molar-refractivity contribution in [2.45, 2.75) is 4.90 Å². The predicted octanol–water partition coefficient (Wildman–Crippen LogP) is -0.704. The van der Waals surface area contributed by atoms with E-state index in [0.717, 1.165) is 3.57 Å². The summed E-state index contributed by atoms with van der Waals surface area (Å²) in [4.78, 5) is 0.297. The summed E-state index contributed by atoms with van der Waals surface area (Å²) in [6, 6.07) is 5.07. The van der Waals surface area contributed by atoms with Crippen LogP contribution in [0.1, 0.15) is 0 Å². The van der Waals surface area contributed by atoms with Crippen molar-refractivity contribution in [3.63, 3.8) is 0 Å². The molecule has 0 aromatic heterocycles. The molecule has 6 heteroatoms. The summed E-state index contributed by atoms with van der Waals surface area (Å²) in [5, 5.41) is 0. The van der Waals surface area contributed by atoms with E-state index in [1.807, 2.05) is 0 Å². The molecule has 0 spiro atoms. The molecule has 0 aliphatic rings. The van der Waals surface area contributed by atoms with Gasteiger partial charge in [0.1, 0.15) is 0 Å². The van der Waals surface area contributed by atoms with Gasteiger partial charge in [0.05, 0.1) is 0 Å². The molecule has 0 fully saturated rings. The Morgan fingerprint density at radius 1 is 1.50 bits per heavy atom. The van der Waals surface area contributed by atoms with Gasteiger partial charge in [-0.25, -0.2) is 0 Å². The molecule has 1 atom stereocenters. The molecule has 0 saturated heterocycles. The number of hydrogen-bond donors (Lipinski definition) is 0. The Balaban J connectivity index is 0.00000121. The van der Waals surface area contributed by atoms with Gasteiger partial charge >= 0.3 is 29.6 Å². The van der Waals surface area contributed by atoms with E-state index in [-0.39, 0.29) is 29.6 Å². The van der Waals surface area contributed by atoms with Gasteiger partial charge < -0.3 is 4.55 Å². The number of rotatable bonds is 1. The van der Waals surface area contributed by atoms with Crippen molar-refractivity contribution >= 4 is 49.6 Å². The molecule has 0 aliphatic carbocycles. The molecule has 0 saturated carbocycles. The van der Waals surface area contributed by atoms with Gasteiger partial charge in [-0.2, -0.15) is 0 Å². The summed E-state index contributed by atoms with van der Waals surface area (Å²) in [5.74, 6) is 0. The molecule has 0 heterocycles. The van der Waals surface area contributed by atoms with Gasteiger partial charge in [0, 0.05) is 12.9 Å². The van der Waals surface area contributed by atoms with E-state index in [4.69, 9.17) is 0 Å². The van der Waals surface area contributed by atoms with Gasteiger partial charge in [-0.05, 0) is 67.8 Å². The van der Waals surface area contributed by atoms with Crippen molar-refractivity contribution in [3.05, 3.63) is 26.2 Å². The van der Waals surface area contributed by atoms with Crippen molar-refractivity contribution in [1.82, 2.24) is 0 Å². The molecular formula is C6H3BrINaO2S. The second-order valence-corrected chi connectivity index (χ2v) is 4.82. The maximum Gasteiger partial charge on any atom is 1.00 e. The van der Waals surface area contributed by atoms with Crippen LogP contribution in [0.25, 0.3) is 0 Å². The fourth-order valence-electron chi connectivity index (χ4n) is 0.610. The first-order valence-electron chi connectivity index (χ1n) is 2.65. The first-order valence-corrected chi connectivity index (χ1v) is 5.60. The topological polar surface area (TPSA) is 40.1 Å². The summed E-state index contributed by atoms with van der Waals surface area (Å²) in [6.07, 6.45) is 0. The molecule has 1 aromatic carbocycles. The SMILES string of the molecule is O=S([O-])c1ccc(I)cc1Br.[Na+]. The van der Waals surface area contributed by atoms with Crippen LogP contribution in [0.5, 0.6) is 0 Å². The maximum atomic E-state index is 10.5. The smallest absolute Gasteiger partial charge is 0.768 e. The zero-order valence-electron chi connectivity index (χ0n) is 6.21. The minimum Gasteiger partial charge on any atom is -0.768 e. The van der Waals surface area contributed by atoms with E-state index in [9.17, 15) is 8.76 Å². The molecule has 12 heavy (non-hydrogen) atoms. The normalized spacial score (nSPS) is 11.9. The van der Waals surface area contributed by atoms with Crippen LogP contribution < -0.4 is 29.6 Å². The van der Waals surface area contributed by atoms with Crippen molar-refractivity contribution in [2.24, 2.45) is 0 Å². The molecule has 1 aromatic rings. The minimum absolute atomic E-state index is 0. The van der Waals surface area contributed by atoms with E-state index >= 15 is 0 Å². The van der Waals surface area contributed by atoms with Crippen LogP contribution >= 0.6 is 38.5 Å². The molecule has 2 nitrogen and oxygen atoms in total. The van der Waals surface area contributed by atoms with E-state index < -0.39 is 11.1 Å². The second-order valence-electron chi connectivity index (χ2n) is 1.81. The van der Waals surface area contributed by atoms with Crippen LogP contribution in [0.15, 0.2) is 27.6 Å². The molecule has 1 rings (SSSR count). The molecule has 1 unspecified atom stereocenters. The van der Waals surface area contributed by atoms with Crippen molar-refractivity contribution in [3.8, 4) is 0 Å². The van der Waals surface area contributed by atoms with Crippen LogP contribution in [0.3, 0.4) is 0 Å². The standard InChI is InChI=1S/C6H4BrIO2S.Na/c7-5-3-4(8)1-2-6(5)11(9)10;/h1-3H,(H,9,10);/q;+1/p-1. The second kappa shape index (κ2) is 6.10. The minimum atomic E-state index is -2.15. The third-order valence-electron chi connectivity index (χ3n) is 1.07. The third-order valence-corrected chi connectivity index (χ3v) is 3.38. The molecule has 0 N–H and O–H groups in total. The third kappa shape index (κ3) is 3.73. The molecule has 60 valence electrons. The van der Waals surface area contributed by atoms with Gasteiger partial charge in [-0.1, -0.05) is 0 Å². The van der Waals surface area contributed by atoms with Gasteiger partial charge in [0.15, 0.2) is 0 Å². The molecule has 0 aliphatic heterocycles. The molecule has 0 radical (unpaired) electrons. The first-order chi connectivity index (χ1) is 5.11. The zero-order valence-corrected chi connectivity index (χ0v) is 12.8. The number of benzene rings is 1. The Kier molecular flexibility index (Phi) is 6.89. The quantitative estimate of drug-likeness (QED) is 0.373. The van der Waals surface area contributed by atoms with E-state index in [1.54, 1.807) is 18.2 Å². The fourth-order valence-corrected chi connectivity index (χ4v) is 2.70. The van der Waals surface area contributed by atoms with E-state index in [2.05, 4.69) is 38.5 Å². The van der Waals surface area contributed by atoms with Crippen LogP contribution in [-0.2, 0) is 11.1 Å². The molecule has 0 bridgehead atoms. The van der Waals surface area contributed by atoms with Crippen LogP contribution in [0.2, 0.25) is 0 Å². The number of hydrogen-bond acceptors (Lipinski definition) is 2. The average molecular weight is 369 g/mol. The summed E-state index contributed by atoms with van der Waals surface area (Å²) in [6.45, 7) is 0. The van der Waals surface area contributed by atoms with Crippen LogP contribution in [-0.4, -0.2) is 8.76 Å². The van der Waals surface area contributed by atoms with Gasteiger partial charge in [-0.15, -0.1) is 0 Å². The first kappa shape index (κ1) is 13.5. The van der Waals surface area contributed by atoms with Gasteiger partial charge in [-0.3, -0.25) is 4.21 Å². The summed E-state index contributed by atoms with van der Waals surface area (Å²) < 4.78 is 22.6. The van der Waals surface area contributed by atoms with Crippen molar-refractivity contribution < 1.29 is 38.3 Å². The Morgan fingerprint density at radius 3 is 2.50 bits per heavy atom. The van der Waals surface area contributed by atoms with E-state index in [0.29, 0.717) is 9.37 Å². The number of halogens is 2. The Hall–Kier alpha value is 1.54. The summed E-state index contributed by atoms with van der Waals surface area (Å²) in [5.41, 5.74) is 0. The Morgan fingerprint density at radius 2 is 2.08 bits per heavy atom. The van der Waals surface area contributed by atoms with Crippen LogP contribution in [0, 0.1) is 3.57 Å². The van der Waals surface area contributed by atoms with Gasteiger partial charge in [0.2, 0.25) is 0 Å². The van der Waals surface area contributed by atoms with Crippen LogP contribution in [0.4, 0.5) is 0 Å². The molecule has 0 amide bonds. The summed E-state index contributed by atoms with van der Waals surface area (Å²) in [7, 11) is 0. The van der Waals surface area contributed by atoms with Crippen molar-refractivity contribution in [2.75, 3.05) is 0 Å². The maximum absolute atomic E-state index is 10.5. The predicted molar refractivity (Wildman–Crippen MR) is 54.0 cm³/mol. The van der Waals surface area contributed by atoms with Crippen molar-refractivity contribution in [1.29, 1.82) is 0 Å². The summed E-state index contributed by atoms with van der Waals surface area (Å²) >= 11 is 3.12. The monoisotopic (exact) mass is 368 g/mol. The van der Waals surface area contributed by atoms with E-state index in [1.165, 1.54) is 0 Å². The Bertz CT molecular complexity index is 308. The molecular weight excluding hydrogens is 366 g/mol. The average Bonchev–Trinajstić information content (AvgIpc) is 1.85. The van der Waals surface area contributed by atoms with Gasteiger partial charge in [0.25, 0.3) is 0 Å². The zero-order chi connectivity index (χ0) is 8.43. The Labute approximate surface area is 117 Å². The fraction of sp³-hybridized carbons (Fsp3) is 0. The largest absolute Gasteiger partial charge is 1.00 e.